The quantitative estimate of drug-likeness (QED) is 0.745. The molecule has 0 aliphatic carbocycles. The van der Waals surface area contributed by atoms with Crippen LogP contribution in [-0.4, -0.2) is 22.4 Å². The number of hydrogen-bond donors (Lipinski definition) is 1. The largest absolute Gasteiger partial charge is 0.314 e. The van der Waals surface area contributed by atoms with Crippen LogP contribution in [-0.2, 0) is 19.9 Å². The lowest BCUT2D eigenvalue weighted by atomic mass is 10.0. The van der Waals surface area contributed by atoms with E-state index in [4.69, 9.17) is 0 Å². The van der Waals surface area contributed by atoms with E-state index in [1.807, 2.05) is 11.7 Å². The second-order valence-corrected chi connectivity index (χ2v) is 5.96. The number of nitrogens with one attached hydrogen (secondary N) is 1. The first-order valence-electron chi connectivity index (χ1n) is 7.57. The molecule has 19 heavy (non-hydrogen) atoms. The monoisotopic (exact) mass is 329 g/mol. The van der Waals surface area contributed by atoms with Crippen molar-refractivity contribution >= 4 is 15.9 Å². The first kappa shape index (κ1) is 16.7. The van der Waals surface area contributed by atoms with Crippen LogP contribution in [0.2, 0.25) is 0 Å². The Kier molecular flexibility index (Phi) is 7.69. The molecule has 0 saturated carbocycles. The summed E-state index contributed by atoms with van der Waals surface area (Å²) in [5.74, 6) is 0. The van der Waals surface area contributed by atoms with Crippen molar-refractivity contribution in [3.05, 3.63) is 15.9 Å². The Morgan fingerprint density at radius 2 is 1.95 bits per heavy atom. The van der Waals surface area contributed by atoms with E-state index in [2.05, 4.69) is 47.1 Å². The van der Waals surface area contributed by atoms with Crippen molar-refractivity contribution in [1.82, 2.24) is 15.1 Å². The summed E-state index contributed by atoms with van der Waals surface area (Å²) in [6.07, 6.45) is 6.97. The summed E-state index contributed by atoms with van der Waals surface area (Å²) >= 11 is 3.70. The van der Waals surface area contributed by atoms with Crippen molar-refractivity contribution < 1.29 is 0 Å². The summed E-state index contributed by atoms with van der Waals surface area (Å²) < 4.78 is 3.24. The number of aryl methyl sites for hydroxylation is 2. The molecule has 0 amide bonds. The average molecular weight is 330 g/mol. The van der Waals surface area contributed by atoms with Crippen molar-refractivity contribution in [1.29, 1.82) is 0 Å². The zero-order valence-electron chi connectivity index (χ0n) is 12.8. The highest BCUT2D eigenvalue weighted by atomic mass is 79.9. The maximum atomic E-state index is 4.56. The van der Waals surface area contributed by atoms with Crippen LogP contribution in [0.1, 0.15) is 57.8 Å². The fourth-order valence-corrected chi connectivity index (χ4v) is 3.26. The van der Waals surface area contributed by atoms with Gasteiger partial charge in [0.05, 0.1) is 15.9 Å². The lowest BCUT2D eigenvalue weighted by Gasteiger charge is -2.17. The normalized spacial score (nSPS) is 12.9. The molecule has 1 aromatic heterocycles. The van der Waals surface area contributed by atoms with Crippen molar-refractivity contribution in [3.8, 4) is 0 Å². The van der Waals surface area contributed by atoms with Crippen LogP contribution >= 0.6 is 15.9 Å². The molecule has 1 atom stereocenters. The van der Waals surface area contributed by atoms with Gasteiger partial charge in [-0.1, -0.05) is 27.2 Å². The molecule has 1 aromatic rings. The third kappa shape index (κ3) is 4.92. The molecule has 0 aliphatic rings. The summed E-state index contributed by atoms with van der Waals surface area (Å²) in [7, 11) is 2.05. The molecule has 0 bridgehead atoms. The van der Waals surface area contributed by atoms with Gasteiger partial charge in [0.1, 0.15) is 0 Å². The number of rotatable bonds is 9. The minimum atomic E-state index is 0.636. The molecule has 110 valence electrons. The molecule has 0 spiro atoms. The smallest absolute Gasteiger partial charge is 0.0766 e. The number of hydrogen-bond acceptors (Lipinski definition) is 2. The lowest BCUT2D eigenvalue weighted by Crippen LogP contribution is -2.30. The Hall–Kier alpha value is -0.350. The molecular formula is C15H28BrN3. The van der Waals surface area contributed by atoms with Crippen LogP contribution in [0.5, 0.6) is 0 Å². The summed E-state index contributed by atoms with van der Waals surface area (Å²) in [4.78, 5) is 0. The average Bonchev–Trinajstić information content (AvgIpc) is 2.68. The van der Waals surface area contributed by atoms with E-state index in [0.717, 1.165) is 19.4 Å². The van der Waals surface area contributed by atoms with Gasteiger partial charge in [0.25, 0.3) is 0 Å². The minimum absolute atomic E-state index is 0.636. The molecule has 1 heterocycles. The Morgan fingerprint density at radius 1 is 1.21 bits per heavy atom. The standard InChI is InChI=1S/C15H28BrN3/c1-5-8-12(17-11-6-2)9-10-14-15(16)13(7-3)18-19(14)4/h12,17H,5-11H2,1-4H3. The van der Waals surface area contributed by atoms with Gasteiger partial charge in [-0.2, -0.15) is 5.10 Å². The third-order valence-electron chi connectivity index (χ3n) is 3.55. The van der Waals surface area contributed by atoms with Crippen molar-refractivity contribution in [3.63, 3.8) is 0 Å². The topological polar surface area (TPSA) is 29.9 Å². The van der Waals surface area contributed by atoms with Gasteiger partial charge in [0.2, 0.25) is 0 Å². The van der Waals surface area contributed by atoms with E-state index < -0.39 is 0 Å². The van der Waals surface area contributed by atoms with E-state index in [1.165, 1.54) is 41.5 Å². The predicted molar refractivity (Wildman–Crippen MR) is 85.6 cm³/mol. The van der Waals surface area contributed by atoms with Gasteiger partial charge in [-0.3, -0.25) is 4.68 Å². The van der Waals surface area contributed by atoms with Gasteiger partial charge in [0, 0.05) is 13.1 Å². The van der Waals surface area contributed by atoms with E-state index in [9.17, 15) is 0 Å². The summed E-state index contributed by atoms with van der Waals surface area (Å²) in [5.41, 5.74) is 2.50. The summed E-state index contributed by atoms with van der Waals surface area (Å²) in [6.45, 7) is 7.76. The van der Waals surface area contributed by atoms with E-state index in [1.54, 1.807) is 0 Å². The molecular weight excluding hydrogens is 302 g/mol. The van der Waals surface area contributed by atoms with Gasteiger partial charge in [0.15, 0.2) is 0 Å². The Bertz CT molecular complexity index is 374. The SMILES string of the molecule is CCCNC(CCC)CCc1c(Br)c(CC)nn1C. The van der Waals surface area contributed by atoms with E-state index >= 15 is 0 Å². The van der Waals surface area contributed by atoms with E-state index in [-0.39, 0.29) is 0 Å². The van der Waals surface area contributed by atoms with Crippen LogP contribution in [0.15, 0.2) is 4.47 Å². The lowest BCUT2D eigenvalue weighted by molar-refractivity contribution is 0.444. The molecule has 4 heteroatoms. The molecule has 0 saturated heterocycles. The molecule has 0 fully saturated rings. The van der Waals surface area contributed by atoms with Gasteiger partial charge in [-0.25, -0.2) is 0 Å². The Balaban J connectivity index is 2.60. The molecule has 3 nitrogen and oxygen atoms in total. The first-order chi connectivity index (χ1) is 9.13. The molecule has 0 radical (unpaired) electrons. The van der Waals surface area contributed by atoms with Gasteiger partial charge >= 0.3 is 0 Å². The first-order valence-corrected chi connectivity index (χ1v) is 8.36. The maximum Gasteiger partial charge on any atom is 0.0766 e. The van der Waals surface area contributed by atoms with Gasteiger partial charge < -0.3 is 5.32 Å². The van der Waals surface area contributed by atoms with Crippen molar-refractivity contribution in [2.24, 2.45) is 7.05 Å². The van der Waals surface area contributed by atoms with Crippen LogP contribution in [0, 0.1) is 0 Å². The van der Waals surface area contributed by atoms with E-state index in [0.29, 0.717) is 6.04 Å². The van der Waals surface area contributed by atoms with Crippen molar-refractivity contribution in [2.75, 3.05) is 6.54 Å². The van der Waals surface area contributed by atoms with Crippen LogP contribution in [0.3, 0.4) is 0 Å². The predicted octanol–water partition coefficient (Wildman–Crippen LogP) is 3.85. The molecule has 1 N–H and O–H groups in total. The van der Waals surface area contributed by atoms with Crippen LogP contribution in [0.25, 0.3) is 0 Å². The van der Waals surface area contributed by atoms with Crippen LogP contribution in [0.4, 0.5) is 0 Å². The second kappa shape index (κ2) is 8.75. The second-order valence-electron chi connectivity index (χ2n) is 5.16. The fourth-order valence-electron chi connectivity index (χ4n) is 2.45. The number of nitrogens with zero attached hydrogens (tertiary/aromatic N) is 2. The number of halogens is 1. The zero-order chi connectivity index (χ0) is 14.3. The third-order valence-corrected chi connectivity index (χ3v) is 4.47. The van der Waals surface area contributed by atoms with Gasteiger partial charge in [-0.05, 0) is 54.6 Å². The highest BCUT2D eigenvalue weighted by Gasteiger charge is 2.14. The molecule has 0 aliphatic heterocycles. The Morgan fingerprint density at radius 3 is 2.47 bits per heavy atom. The fraction of sp³-hybridized carbons (Fsp3) is 0.800. The van der Waals surface area contributed by atoms with Gasteiger partial charge in [-0.15, -0.1) is 0 Å². The summed E-state index contributed by atoms with van der Waals surface area (Å²) in [5, 5.41) is 8.22. The molecule has 0 aromatic carbocycles. The Labute approximate surface area is 126 Å². The number of aromatic nitrogens is 2. The highest BCUT2D eigenvalue weighted by molar-refractivity contribution is 9.10. The maximum absolute atomic E-state index is 4.56. The van der Waals surface area contributed by atoms with Crippen LogP contribution < -0.4 is 5.32 Å². The summed E-state index contributed by atoms with van der Waals surface area (Å²) in [6, 6.07) is 0.636. The molecule has 1 unspecified atom stereocenters. The zero-order valence-corrected chi connectivity index (χ0v) is 14.4. The minimum Gasteiger partial charge on any atom is -0.314 e. The molecule has 1 rings (SSSR count). The van der Waals surface area contributed by atoms with Crippen molar-refractivity contribution in [2.45, 2.75) is 65.3 Å². The highest BCUT2D eigenvalue weighted by Crippen LogP contribution is 2.23.